The van der Waals surface area contributed by atoms with Gasteiger partial charge in [-0.05, 0) is 53.1 Å². The number of halogens is 1. The Kier molecular flexibility index (Phi) is 5.49. The third-order valence-corrected chi connectivity index (χ3v) is 5.90. The number of nitrogens with one attached hydrogen (secondary N) is 1. The van der Waals surface area contributed by atoms with Gasteiger partial charge in [-0.25, -0.2) is 8.42 Å². The van der Waals surface area contributed by atoms with Crippen LogP contribution < -0.4 is 9.46 Å². The Morgan fingerprint density at radius 3 is 2.77 bits per heavy atom. The smallest absolute Gasteiger partial charge is 0.265 e. The molecule has 8 nitrogen and oxygen atoms in total. The van der Waals surface area contributed by atoms with Crippen molar-refractivity contribution in [2.24, 2.45) is 0 Å². The van der Waals surface area contributed by atoms with Crippen LogP contribution in [0.3, 0.4) is 0 Å². The lowest BCUT2D eigenvalue weighted by Crippen LogP contribution is -2.14. The lowest BCUT2D eigenvalue weighted by molar-refractivity contribution is 0.403. The van der Waals surface area contributed by atoms with Gasteiger partial charge in [-0.2, -0.15) is 4.68 Å². The largest absolute Gasteiger partial charge is 0.495 e. The quantitative estimate of drug-likeness (QED) is 0.570. The monoisotopic (exact) mass is 455 g/mol. The molecule has 1 heterocycles. The van der Waals surface area contributed by atoms with Gasteiger partial charge in [0.25, 0.3) is 10.0 Å². The van der Waals surface area contributed by atoms with Gasteiger partial charge in [0.15, 0.2) is 0 Å². The van der Waals surface area contributed by atoms with Gasteiger partial charge in [-0.3, -0.25) is 4.72 Å². The molecule has 0 saturated heterocycles. The molecule has 0 fully saturated rings. The topological polar surface area (TPSA) is 99.0 Å². The van der Waals surface area contributed by atoms with Gasteiger partial charge in [0.05, 0.1) is 18.5 Å². The number of hydrogen-bond acceptors (Lipinski definition) is 7. The normalized spacial score (nSPS) is 11.3. The minimum Gasteiger partial charge on any atom is -0.495 e. The Balaban J connectivity index is 1.97. The summed E-state index contributed by atoms with van der Waals surface area (Å²) in [6, 6.07) is 11.6. The number of sulfonamides is 1. The molecule has 0 unspecified atom stereocenters. The standard InChI is InChI=1S/C15H14BrN5O3S2/c1-24-13-7-6-10(16)8-14(13)26(22,23)18-11-4-3-5-12(9-11)21-15(25-2)17-19-20-21/h3-9,18H,1-2H3. The summed E-state index contributed by atoms with van der Waals surface area (Å²) >= 11 is 4.67. The van der Waals surface area contributed by atoms with Crippen molar-refractivity contribution < 1.29 is 13.2 Å². The summed E-state index contributed by atoms with van der Waals surface area (Å²) in [6.07, 6.45) is 1.86. The fourth-order valence-corrected chi connectivity index (χ4v) is 4.43. The van der Waals surface area contributed by atoms with E-state index in [1.807, 2.05) is 6.26 Å². The van der Waals surface area contributed by atoms with Crippen molar-refractivity contribution in [1.29, 1.82) is 0 Å². The highest BCUT2D eigenvalue weighted by Gasteiger charge is 2.20. The predicted octanol–water partition coefficient (Wildman–Crippen LogP) is 2.96. The van der Waals surface area contributed by atoms with Crippen LogP contribution >= 0.6 is 27.7 Å². The summed E-state index contributed by atoms with van der Waals surface area (Å²) in [5.74, 6) is 0.252. The molecular formula is C15H14BrN5O3S2. The molecule has 136 valence electrons. The van der Waals surface area contributed by atoms with Crippen LogP contribution in [0.4, 0.5) is 5.69 Å². The zero-order valence-corrected chi connectivity index (χ0v) is 17.0. The molecule has 3 rings (SSSR count). The highest BCUT2D eigenvalue weighted by molar-refractivity contribution is 9.10. The van der Waals surface area contributed by atoms with E-state index in [1.165, 1.54) is 29.6 Å². The molecule has 1 aromatic heterocycles. The Morgan fingerprint density at radius 2 is 2.04 bits per heavy atom. The van der Waals surface area contributed by atoms with Crippen molar-refractivity contribution in [2.45, 2.75) is 10.1 Å². The van der Waals surface area contributed by atoms with E-state index in [0.717, 1.165) is 0 Å². The second kappa shape index (κ2) is 7.64. The van der Waals surface area contributed by atoms with Crippen LogP contribution in [-0.2, 0) is 10.0 Å². The van der Waals surface area contributed by atoms with E-state index in [0.29, 0.717) is 21.0 Å². The van der Waals surface area contributed by atoms with Gasteiger partial charge < -0.3 is 4.74 Å². The third-order valence-electron chi connectivity index (χ3n) is 3.38. The summed E-state index contributed by atoms with van der Waals surface area (Å²) in [7, 11) is -2.43. The average Bonchev–Trinajstić information content (AvgIpc) is 3.10. The maximum Gasteiger partial charge on any atom is 0.265 e. The van der Waals surface area contributed by atoms with E-state index in [4.69, 9.17) is 4.74 Å². The molecule has 0 aliphatic rings. The van der Waals surface area contributed by atoms with Crippen molar-refractivity contribution in [1.82, 2.24) is 20.2 Å². The molecule has 2 aromatic carbocycles. The second-order valence-electron chi connectivity index (χ2n) is 5.03. The van der Waals surface area contributed by atoms with Crippen molar-refractivity contribution in [3.8, 4) is 11.4 Å². The summed E-state index contributed by atoms with van der Waals surface area (Å²) < 4.78 is 35.5. The number of nitrogens with zero attached hydrogens (tertiary/aromatic N) is 4. The van der Waals surface area contributed by atoms with Crippen LogP contribution in [0.25, 0.3) is 5.69 Å². The number of methoxy groups -OCH3 is 1. The molecule has 0 aliphatic heterocycles. The molecule has 1 N–H and O–H groups in total. The first kappa shape index (κ1) is 18.7. The molecule has 0 atom stereocenters. The number of hydrogen-bond donors (Lipinski definition) is 1. The SMILES string of the molecule is COc1ccc(Br)cc1S(=O)(=O)Nc1cccc(-n2nnnc2SC)c1. The molecule has 0 aliphatic carbocycles. The summed E-state index contributed by atoms with van der Waals surface area (Å²) in [4.78, 5) is 0.0343. The van der Waals surface area contributed by atoms with Crippen molar-refractivity contribution in [3.05, 3.63) is 46.9 Å². The first-order valence-corrected chi connectivity index (χ1v) is 10.7. The van der Waals surface area contributed by atoms with Crippen molar-refractivity contribution >= 4 is 43.4 Å². The molecule has 0 spiro atoms. The fraction of sp³-hybridized carbons (Fsp3) is 0.133. The fourth-order valence-electron chi connectivity index (χ4n) is 2.24. The minimum absolute atomic E-state index is 0.0343. The second-order valence-corrected chi connectivity index (χ2v) is 8.37. The Hall–Kier alpha value is -2.11. The maximum absolute atomic E-state index is 12.8. The predicted molar refractivity (Wildman–Crippen MR) is 102 cm³/mol. The van der Waals surface area contributed by atoms with E-state index in [1.54, 1.807) is 36.4 Å². The number of thioether (sulfide) groups is 1. The number of aromatic nitrogens is 4. The average molecular weight is 456 g/mol. The Labute approximate surface area is 163 Å². The van der Waals surface area contributed by atoms with Gasteiger partial charge in [-0.15, -0.1) is 5.10 Å². The molecule has 3 aromatic rings. The lowest BCUT2D eigenvalue weighted by atomic mass is 10.3. The van der Waals surface area contributed by atoms with E-state index in [9.17, 15) is 8.42 Å². The Bertz CT molecular complexity index is 1040. The molecule has 0 saturated carbocycles. The van der Waals surface area contributed by atoms with Gasteiger partial charge in [0.2, 0.25) is 5.16 Å². The van der Waals surface area contributed by atoms with Gasteiger partial charge >= 0.3 is 0 Å². The van der Waals surface area contributed by atoms with Gasteiger partial charge in [-0.1, -0.05) is 33.8 Å². The Morgan fingerprint density at radius 1 is 1.23 bits per heavy atom. The van der Waals surface area contributed by atoms with Crippen LogP contribution in [0.1, 0.15) is 0 Å². The molecule has 0 bridgehead atoms. The zero-order valence-electron chi connectivity index (χ0n) is 13.7. The first-order chi connectivity index (χ1) is 12.4. The van der Waals surface area contributed by atoms with Gasteiger partial charge in [0, 0.05) is 4.47 Å². The zero-order chi connectivity index (χ0) is 18.7. The van der Waals surface area contributed by atoms with E-state index < -0.39 is 10.0 Å². The molecule has 26 heavy (non-hydrogen) atoms. The molecule has 11 heteroatoms. The van der Waals surface area contributed by atoms with Crippen LogP contribution in [0.5, 0.6) is 5.75 Å². The number of rotatable bonds is 6. The van der Waals surface area contributed by atoms with E-state index in [-0.39, 0.29) is 10.6 Å². The first-order valence-electron chi connectivity index (χ1n) is 7.24. The van der Waals surface area contributed by atoms with Crippen molar-refractivity contribution in [2.75, 3.05) is 18.1 Å². The molecule has 0 radical (unpaired) electrons. The molecular weight excluding hydrogens is 442 g/mol. The van der Waals surface area contributed by atoms with E-state index >= 15 is 0 Å². The van der Waals surface area contributed by atoms with Crippen LogP contribution in [0.2, 0.25) is 0 Å². The van der Waals surface area contributed by atoms with Gasteiger partial charge in [0.1, 0.15) is 10.6 Å². The number of ether oxygens (including phenoxy) is 1. The highest BCUT2D eigenvalue weighted by atomic mass is 79.9. The number of anilines is 1. The van der Waals surface area contributed by atoms with Crippen LogP contribution in [0.15, 0.2) is 57.0 Å². The lowest BCUT2D eigenvalue weighted by Gasteiger charge is -2.13. The summed E-state index contributed by atoms with van der Waals surface area (Å²) in [6.45, 7) is 0. The van der Waals surface area contributed by atoms with Crippen molar-refractivity contribution in [3.63, 3.8) is 0 Å². The highest BCUT2D eigenvalue weighted by Crippen LogP contribution is 2.29. The third kappa shape index (κ3) is 3.84. The number of benzene rings is 2. The summed E-state index contributed by atoms with van der Waals surface area (Å²) in [5.41, 5.74) is 1.02. The number of tetrazole rings is 1. The molecule has 0 amide bonds. The van der Waals surface area contributed by atoms with Crippen LogP contribution in [0, 0.1) is 0 Å². The summed E-state index contributed by atoms with van der Waals surface area (Å²) in [5, 5.41) is 12.1. The van der Waals surface area contributed by atoms with E-state index in [2.05, 4.69) is 36.2 Å². The van der Waals surface area contributed by atoms with Crippen LogP contribution in [-0.4, -0.2) is 42.0 Å². The minimum atomic E-state index is -3.85. The maximum atomic E-state index is 12.8.